The molecule has 0 bridgehead atoms. The summed E-state index contributed by atoms with van der Waals surface area (Å²) in [5.41, 5.74) is 3.60. The molecule has 1 unspecified atom stereocenters. The summed E-state index contributed by atoms with van der Waals surface area (Å²) in [5.74, 6) is 0.314. The minimum absolute atomic E-state index is 0.0624. The fourth-order valence-corrected chi connectivity index (χ4v) is 3.47. The van der Waals surface area contributed by atoms with Gasteiger partial charge in [-0.1, -0.05) is 18.2 Å². The van der Waals surface area contributed by atoms with Crippen molar-refractivity contribution in [2.24, 2.45) is 5.92 Å². The smallest absolute Gasteiger partial charge is 0.343 e. The van der Waals surface area contributed by atoms with E-state index in [4.69, 9.17) is 16.3 Å². The average molecular weight is 357 g/mol. The van der Waals surface area contributed by atoms with Gasteiger partial charge in [0.25, 0.3) is 0 Å². The number of hydrogen-bond donors (Lipinski definition) is 0. The molecule has 6 nitrogen and oxygen atoms in total. The first-order valence-electron chi connectivity index (χ1n) is 8.22. The van der Waals surface area contributed by atoms with Crippen LogP contribution in [0.3, 0.4) is 0 Å². The molecule has 0 saturated carbocycles. The molecule has 2 aliphatic rings. The zero-order chi connectivity index (χ0) is 17.6. The molecule has 4 rings (SSSR count). The fraction of sp³-hybridized carbons (Fsp3) is 0.333. The quantitative estimate of drug-likeness (QED) is 0.622. The van der Waals surface area contributed by atoms with Crippen molar-refractivity contribution < 1.29 is 9.53 Å². The molecule has 2 aromatic rings. The van der Waals surface area contributed by atoms with E-state index in [0.717, 1.165) is 24.1 Å². The highest BCUT2D eigenvalue weighted by Crippen LogP contribution is 2.41. The summed E-state index contributed by atoms with van der Waals surface area (Å²) in [7, 11) is 0. The lowest BCUT2D eigenvalue weighted by molar-refractivity contribution is 0.0377. The highest BCUT2D eigenvalue weighted by Gasteiger charge is 2.33. The van der Waals surface area contributed by atoms with E-state index >= 15 is 0 Å². The zero-order valence-corrected chi connectivity index (χ0v) is 14.7. The lowest BCUT2D eigenvalue weighted by Gasteiger charge is -2.16. The van der Waals surface area contributed by atoms with Gasteiger partial charge in [0.05, 0.1) is 18.0 Å². The molecule has 2 heterocycles. The standard InChI is InChI=1S/C18H17ClN4O2/c1-10(2)25-17(24)14-9-20-18(19)22-16(14)23-15-12(8-21-23)7-11-5-3-4-6-13(11)15/h3-4,6,8-11H,5,7H2,1-2H3. The summed E-state index contributed by atoms with van der Waals surface area (Å²) >= 11 is 5.99. The number of nitrogens with zero attached hydrogens (tertiary/aromatic N) is 4. The number of esters is 1. The number of fused-ring (bicyclic) bond motifs is 3. The lowest BCUT2D eigenvalue weighted by Crippen LogP contribution is -2.17. The second-order valence-corrected chi connectivity index (χ2v) is 6.79. The maximum atomic E-state index is 12.5. The molecule has 0 aliphatic heterocycles. The van der Waals surface area contributed by atoms with Crippen LogP contribution in [-0.2, 0) is 11.2 Å². The number of ether oxygens (including phenoxy) is 1. The van der Waals surface area contributed by atoms with Crippen molar-refractivity contribution in [1.82, 2.24) is 19.7 Å². The van der Waals surface area contributed by atoms with Crippen molar-refractivity contribution in [3.63, 3.8) is 0 Å². The van der Waals surface area contributed by atoms with E-state index in [1.807, 2.05) is 6.20 Å². The Morgan fingerprint density at radius 2 is 2.24 bits per heavy atom. The number of carbonyl (C=O) groups is 1. The normalized spacial score (nSPS) is 18.1. The van der Waals surface area contributed by atoms with Gasteiger partial charge in [0, 0.05) is 6.20 Å². The topological polar surface area (TPSA) is 69.9 Å². The van der Waals surface area contributed by atoms with E-state index in [9.17, 15) is 4.79 Å². The predicted molar refractivity (Wildman–Crippen MR) is 93.6 cm³/mol. The van der Waals surface area contributed by atoms with Gasteiger partial charge in [-0.05, 0) is 55.3 Å². The average Bonchev–Trinajstić information content (AvgIpc) is 3.12. The Morgan fingerprint density at radius 1 is 1.40 bits per heavy atom. The maximum Gasteiger partial charge on any atom is 0.343 e. The molecule has 0 spiro atoms. The minimum Gasteiger partial charge on any atom is -0.459 e. The molecule has 128 valence electrons. The van der Waals surface area contributed by atoms with Gasteiger partial charge in [-0.25, -0.2) is 14.5 Å². The predicted octanol–water partition coefficient (Wildman–Crippen LogP) is 3.40. The number of rotatable bonds is 3. The molecule has 2 aromatic heterocycles. The number of aromatic nitrogens is 4. The van der Waals surface area contributed by atoms with Crippen molar-refractivity contribution in [1.29, 1.82) is 0 Å². The SMILES string of the molecule is CC(C)OC(=O)c1cnc(Cl)nc1-n1ncc2c1C1=CC=CCC1C2. The van der Waals surface area contributed by atoms with Crippen molar-refractivity contribution in [3.05, 3.63) is 52.7 Å². The molecule has 25 heavy (non-hydrogen) atoms. The molecular formula is C18H17ClN4O2. The van der Waals surface area contributed by atoms with E-state index in [0.29, 0.717) is 11.7 Å². The van der Waals surface area contributed by atoms with E-state index in [-0.39, 0.29) is 17.0 Å². The number of hydrogen-bond acceptors (Lipinski definition) is 5. The summed E-state index contributed by atoms with van der Waals surface area (Å²) in [6.07, 6.45) is 11.3. The van der Waals surface area contributed by atoms with Crippen LogP contribution < -0.4 is 0 Å². The number of allylic oxidation sites excluding steroid dienone is 4. The molecule has 0 aromatic carbocycles. The summed E-state index contributed by atoms with van der Waals surface area (Å²) in [6, 6.07) is 0. The van der Waals surface area contributed by atoms with Crippen LogP contribution in [0.25, 0.3) is 11.4 Å². The molecule has 0 saturated heterocycles. The molecule has 7 heteroatoms. The van der Waals surface area contributed by atoms with Crippen LogP contribution in [0.5, 0.6) is 0 Å². The van der Waals surface area contributed by atoms with E-state index in [1.54, 1.807) is 18.5 Å². The number of halogens is 1. The highest BCUT2D eigenvalue weighted by molar-refractivity contribution is 6.28. The van der Waals surface area contributed by atoms with Gasteiger partial charge >= 0.3 is 5.97 Å². The Hall–Kier alpha value is -2.47. The van der Waals surface area contributed by atoms with Gasteiger partial charge in [-0.15, -0.1) is 0 Å². The zero-order valence-electron chi connectivity index (χ0n) is 13.9. The first kappa shape index (κ1) is 16.0. The third-order valence-corrected chi connectivity index (χ3v) is 4.54. The molecular weight excluding hydrogens is 340 g/mol. The summed E-state index contributed by atoms with van der Waals surface area (Å²) in [5, 5.41) is 4.52. The van der Waals surface area contributed by atoms with E-state index < -0.39 is 5.97 Å². The highest BCUT2D eigenvalue weighted by atomic mass is 35.5. The fourth-order valence-electron chi connectivity index (χ4n) is 3.34. The molecule has 0 radical (unpaired) electrons. The largest absolute Gasteiger partial charge is 0.459 e. The summed E-state index contributed by atoms with van der Waals surface area (Å²) < 4.78 is 7.00. The van der Waals surface area contributed by atoms with Gasteiger partial charge in [-0.3, -0.25) is 0 Å². The summed E-state index contributed by atoms with van der Waals surface area (Å²) in [6.45, 7) is 3.59. The van der Waals surface area contributed by atoms with Gasteiger partial charge in [0.15, 0.2) is 5.82 Å². The molecule has 1 atom stereocenters. The second-order valence-electron chi connectivity index (χ2n) is 6.45. The monoisotopic (exact) mass is 356 g/mol. The van der Waals surface area contributed by atoms with Crippen LogP contribution in [0, 0.1) is 5.92 Å². The van der Waals surface area contributed by atoms with Crippen molar-refractivity contribution in [3.8, 4) is 5.82 Å². The van der Waals surface area contributed by atoms with Gasteiger partial charge in [-0.2, -0.15) is 10.1 Å². The van der Waals surface area contributed by atoms with E-state index in [2.05, 4.69) is 33.3 Å². The van der Waals surface area contributed by atoms with Crippen LogP contribution in [0.15, 0.2) is 30.6 Å². The minimum atomic E-state index is -0.488. The van der Waals surface area contributed by atoms with E-state index in [1.165, 1.54) is 11.8 Å². The Labute approximate surface area is 150 Å². The Morgan fingerprint density at radius 3 is 3.04 bits per heavy atom. The van der Waals surface area contributed by atoms with Crippen molar-refractivity contribution >= 4 is 23.1 Å². The molecule has 0 N–H and O–H groups in total. The Bertz CT molecular complexity index is 914. The summed E-state index contributed by atoms with van der Waals surface area (Å²) in [4.78, 5) is 20.7. The third kappa shape index (κ3) is 2.76. The number of carbonyl (C=O) groups excluding carboxylic acids is 1. The van der Waals surface area contributed by atoms with Gasteiger partial charge in [0.1, 0.15) is 5.56 Å². The lowest BCUT2D eigenvalue weighted by atomic mass is 9.93. The van der Waals surface area contributed by atoms with Crippen LogP contribution in [0.2, 0.25) is 5.28 Å². The van der Waals surface area contributed by atoms with Gasteiger partial charge in [0.2, 0.25) is 5.28 Å². The van der Waals surface area contributed by atoms with Crippen molar-refractivity contribution in [2.45, 2.75) is 32.8 Å². The Kier molecular flexibility index (Phi) is 3.92. The third-order valence-electron chi connectivity index (χ3n) is 4.36. The molecule has 2 aliphatic carbocycles. The molecule has 0 amide bonds. The first-order valence-corrected chi connectivity index (χ1v) is 8.60. The second kappa shape index (κ2) is 6.11. The van der Waals surface area contributed by atoms with Crippen molar-refractivity contribution in [2.75, 3.05) is 0 Å². The molecule has 0 fully saturated rings. The van der Waals surface area contributed by atoms with Crippen LogP contribution in [0.1, 0.15) is 41.9 Å². The van der Waals surface area contributed by atoms with Crippen LogP contribution in [0.4, 0.5) is 0 Å². The Balaban J connectivity index is 1.85. The van der Waals surface area contributed by atoms with Gasteiger partial charge < -0.3 is 4.74 Å². The first-order chi connectivity index (χ1) is 12.0. The maximum absolute atomic E-state index is 12.5. The van der Waals surface area contributed by atoms with Crippen LogP contribution in [-0.4, -0.2) is 31.8 Å². The van der Waals surface area contributed by atoms with Crippen LogP contribution >= 0.6 is 11.6 Å².